The van der Waals surface area contributed by atoms with E-state index >= 15 is 0 Å². The zero-order valence-corrected chi connectivity index (χ0v) is 8.82. The summed E-state index contributed by atoms with van der Waals surface area (Å²) in [4.78, 5) is 7.19. The van der Waals surface area contributed by atoms with Gasteiger partial charge in [-0.05, 0) is 11.6 Å². The van der Waals surface area contributed by atoms with E-state index in [0.717, 1.165) is 11.4 Å². The number of anilines is 1. The van der Waals surface area contributed by atoms with Crippen molar-refractivity contribution in [3.05, 3.63) is 29.8 Å². The smallest absolute Gasteiger partial charge is 0.321 e. The van der Waals surface area contributed by atoms with Gasteiger partial charge < -0.3 is 14.8 Å². The summed E-state index contributed by atoms with van der Waals surface area (Å²) in [6, 6.07) is 2.46. The molecule has 0 radical (unpaired) electrons. The van der Waals surface area contributed by atoms with Gasteiger partial charge in [0.05, 0.1) is 0 Å². The quantitative estimate of drug-likeness (QED) is 0.804. The minimum Gasteiger partial charge on any atom is -0.367 e. The fraction of sp³-hybridized carbons (Fsp3) is 0.400. The van der Waals surface area contributed by atoms with E-state index in [1.165, 1.54) is 0 Å². The molecule has 0 amide bonds. The van der Waals surface area contributed by atoms with Crippen molar-refractivity contribution in [1.82, 2.24) is 15.1 Å². The molecule has 0 spiro atoms. The highest BCUT2D eigenvalue weighted by molar-refractivity contribution is 5.22. The first kappa shape index (κ1) is 9.76. The molecule has 2 N–H and O–H groups in total. The van der Waals surface area contributed by atoms with Crippen LogP contribution in [-0.4, -0.2) is 15.1 Å². The maximum atomic E-state index is 5.04. The zero-order valence-electron chi connectivity index (χ0n) is 8.82. The Balaban J connectivity index is 1.94. The Morgan fingerprint density at radius 2 is 2.40 bits per heavy atom. The normalized spacial score (nSPS) is 10.9. The molecule has 0 aliphatic heterocycles. The summed E-state index contributed by atoms with van der Waals surface area (Å²) in [6.07, 6.45) is 3.80. The van der Waals surface area contributed by atoms with E-state index in [-0.39, 0.29) is 5.92 Å². The van der Waals surface area contributed by atoms with Crippen molar-refractivity contribution in [3.8, 4) is 0 Å². The van der Waals surface area contributed by atoms with Gasteiger partial charge in [-0.3, -0.25) is 0 Å². The molecule has 0 fully saturated rings. The first-order chi connectivity index (χ1) is 7.25. The van der Waals surface area contributed by atoms with E-state index in [0.29, 0.717) is 12.6 Å². The topological polar surface area (TPSA) is 66.7 Å². The van der Waals surface area contributed by atoms with Crippen molar-refractivity contribution >= 4 is 6.01 Å². The molecule has 5 heteroatoms. The molecule has 15 heavy (non-hydrogen) atoms. The second-order valence-corrected chi connectivity index (χ2v) is 3.69. The molecule has 2 aromatic heterocycles. The second kappa shape index (κ2) is 4.16. The van der Waals surface area contributed by atoms with Crippen molar-refractivity contribution in [2.24, 2.45) is 0 Å². The second-order valence-electron chi connectivity index (χ2n) is 3.69. The average molecular weight is 206 g/mol. The number of hydrogen-bond donors (Lipinski definition) is 2. The number of aromatic amines is 1. The first-order valence-corrected chi connectivity index (χ1v) is 4.95. The number of rotatable bonds is 4. The van der Waals surface area contributed by atoms with Crippen molar-refractivity contribution in [2.45, 2.75) is 26.3 Å². The minimum absolute atomic E-state index is 0.288. The average Bonchev–Trinajstić information content (AvgIpc) is 2.86. The third kappa shape index (κ3) is 2.37. The van der Waals surface area contributed by atoms with Gasteiger partial charge in [-0.1, -0.05) is 19.0 Å². The summed E-state index contributed by atoms with van der Waals surface area (Å²) in [5.41, 5.74) is 1.15. The molecule has 5 nitrogen and oxygen atoms in total. The lowest BCUT2D eigenvalue weighted by molar-refractivity contribution is 0.419. The molecule has 0 aliphatic rings. The van der Waals surface area contributed by atoms with Gasteiger partial charge in [0.25, 0.3) is 0 Å². The van der Waals surface area contributed by atoms with Crippen LogP contribution in [0.25, 0.3) is 0 Å². The molecule has 0 aromatic carbocycles. The van der Waals surface area contributed by atoms with Crippen LogP contribution >= 0.6 is 0 Å². The van der Waals surface area contributed by atoms with E-state index < -0.39 is 0 Å². The fourth-order valence-corrected chi connectivity index (χ4v) is 1.19. The third-order valence-corrected chi connectivity index (χ3v) is 2.06. The summed E-state index contributed by atoms with van der Waals surface area (Å²) < 4.78 is 5.04. The Labute approximate surface area is 87.9 Å². The summed E-state index contributed by atoms with van der Waals surface area (Å²) >= 11 is 0. The Morgan fingerprint density at radius 3 is 3.00 bits per heavy atom. The Kier molecular flexibility index (Phi) is 2.71. The maximum absolute atomic E-state index is 5.04. The Hall–Kier alpha value is -1.78. The predicted molar refractivity (Wildman–Crippen MR) is 56.5 cm³/mol. The van der Waals surface area contributed by atoms with E-state index in [4.69, 9.17) is 4.52 Å². The van der Waals surface area contributed by atoms with Crippen molar-refractivity contribution in [2.75, 3.05) is 5.32 Å². The molecule has 0 aliphatic carbocycles. The first-order valence-electron chi connectivity index (χ1n) is 4.95. The number of hydrogen-bond acceptors (Lipinski definition) is 4. The summed E-state index contributed by atoms with van der Waals surface area (Å²) in [7, 11) is 0. The van der Waals surface area contributed by atoms with Gasteiger partial charge in [-0.15, -0.1) is 0 Å². The summed E-state index contributed by atoms with van der Waals surface area (Å²) in [5, 5.41) is 6.92. The highest BCUT2D eigenvalue weighted by Gasteiger charge is 2.08. The van der Waals surface area contributed by atoms with Crippen molar-refractivity contribution in [3.63, 3.8) is 0 Å². The SMILES string of the molecule is CC(C)c1noc(NCc2cc[nH]c2)n1. The lowest BCUT2D eigenvalue weighted by Crippen LogP contribution is -1.98. The van der Waals surface area contributed by atoms with Crippen LogP contribution in [0.15, 0.2) is 23.0 Å². The number of aromatic nitrogens is 3. The van der Waals surface area contributed by atoms with Gasteiger partial charge in [0.1, 0.15) is 0 Å². The molecule has 0 saturated heterocycles. The van der Waals surface area contributed by atoms with E-state index in [2.05, 4.69) is 20.4 Å². The van der Waals surface area contributed by atoms with Crippen LogP contribution in [0.5, 0.6) is 0 Å². The van der Waals surface area contributed by atoms with E-state index in [1.807, 2.05) is 32.3 Å². The lowest BCUT2D eigenvalue weighted by Gasteiger charge is -1.96. The lowest BCUT2D eigenvalue weighted by atomic mass is 10.2. The fourth-order valence-electron chi connectivity index (χ4n) is 1.19. The Bertz CT molecular complexity index is 405. The largest absolute Gasteiger partial charge is 0.367 e. The highest BCUT2D eigenvalue weighted by Crippen LogP contribution is 2.13. The van der Waals surface area contributed by atoms with Crippen LogP contribution < -0.4 is 5.32 Å². The zero-order chi connectivity index (χ0) is 10.7. The number of nitrogens with zero attached hydrogens (tertiary/aromatic N) is 2. The molecule has 80 valence electrons. The molecule has 2 heterocycles. The number of H-pyrrole nitrogens is 1. The molecule has 0 saturated carbocycles. The van der Waals surface area contributed by atoms with Crippen LogP contribution in [0.4, 0.5) is 6.01 Å². The van der Waals surface area contributed by atoms with Crippen LogP contribution in [0.1, 0.15) is 31.2 Å². The van der Waals surface area contributed by atoms with Gasteiger partial charge in [0.2, 0.25) is 0 Å². The Morgan fingerprint density at radius 1 is 1.53 bits per heavy atom. The molecular weight excluding hydrogens is 192 g/mol. The highest BCUT2D eigenvalue weighted by atomic mass is 16.5. The molecule has 0 bridgehead atoms. The molecule has 2 aromatic rings. The maximum Gasteiger partial charge on any atom is 0.321 e. The van der Waals surface area contributed by atoms with Crippen molar-refractivity contribution < 1.29 is 4.52 Å². The third-order valence-electron chi connectivity index (χ3n) is 2.06. The predicted octanol–water partition coefficient (Wildman–Crippen LogP) is 2.13. The minimum atomic E-state index is 0.288. The molecule has 0 unspecified atom stereocenters. The number of nitrogens with one attached hydrogen (secondary N) is 2. The van der Waals surface area contributed by atoms with Crippen LogP contribution in [0.3, 0.4) is 0 Å². The summed E-state index contributed by atoms with van der Waals surface area (Å²) in [5.74, 6) is 1.02. The molecular formula is C10H14N4O. The van der Waals surface area contributed by atoms with Crippen LogP contribution in [-0.2, 0) is 6.54 Å². The van der Waals surface area contributed by atoms with Crippen LogP contribution in [0.2, 0.25) is 0 Å². The molecule has 0 atom stereocenters. The molecule has 2 rings (SSSR count). The van der Waals surface area contributed by atoms with Crippen LogP contribution in [0, 0.1) is 0 Å². The van der Waals surface area contributed by atoms with E-state index in [1.54, 1.807) is 0 Å². The van der Waals surface area contributed by atoms with Gasteiger partial charge in [0.15, 0.2) is 5.82 Å². The van der Waals surface area contributed by atoms with E-state index in [9.17, 15) is 0 Å². The standard InChI is InChI=1S/C10H14N4O/c1-7(2)9-13-10(15-14-9)12-6-8-3-4-11-5-8/h3-5,7,11H,6H2,1-2H3,(H,12,13,14). The van der Waals surface area contributed by atoms with Gasteiger partial charge >= 0.3 is 6.01 Å². The summed E-state index contributed by atoms with van der Waals surface area (Å²) in [6.45, 7) is 4.74. The van der Waals surface area contributed by atoms with Gasteiger partial charge in [0, 0.05) is 24.9 Å². The van der Waals surface area contributed by atoms with Gasteiger partial charge in [-0.25, -0.2) is 0 Å². The monoisotopic (exact) mass is 206 g/mol. The van der Waals surface area contributed by atoms with Crippen molar-refractivity contribution in [1.29, 1.82) is 0 Å². The van der Waals surface area contributed by atoms with Gasteiger partial charge in [-0.2, -0.15) is 4.98 Å².